The van der Waals surface area contributed by atoms with Crippen LogP contribution in [0.3, 0.4) is 0 Å². The molecule has 0 spiro atoms. The monoisotopic (exact) mass is 707 g/mol. The molecule has 0 bridgehead atoms. The third-order valence-corrected chi connectivity index (χ3v) is 10.2. The number of nitrogens with zero attached hydrogens (tertiary/aromatic N) is 3. The lowest BCUT2D eigenvalue weighted by Crippen LogP contribution is -2.29. The number of aliphatic hydroxyl groups is 1. The summed E-state index contributed by atoms with van der Waals surface area (Å²) in [5.41, 5.74) is 1.65. The highest BCUT2D eigenvalue weighted by Crippen LogP contribution is 2.46. The van der Waals surface area contributed by atoms with E-state index in [1.807, 2.05) is 31.2 Å². The lowest BCUT2D eigenvalue weighted by atomic mass is 9.95. The molecule has 1 unspecified atom stereocenters. The highest BCUT2D eigenvalue weighted by Gasteiger charge is 2.48. The summed E-state index contributed by atoms with van der Waals surface area (Å²) in [4.78, 5) is 28.9. The minimum absolute atomic E-state index is 0.104. The Kier molecular flexibility index (Phi) is 10.4. The van der Waals surface area contributed by atoms with E-state index in [4.69, 9.17) is 30.5 Å². The van der Waals surface area contributed by atoms with Crippen molar-refractivity contribution in [1.82, 2.24) is 10.2 Å². The maximum Gasteiger partial charge on any atom is 0.301 e. The number of ether oxygens (including phenoxy) is 4. The quantitative estimate of drug-likeness (QED) is 0.0516. The molecule has 250 valence electrons. The molecule has 10 nitrogen and oxygen atoms in total. The number of benzene rings is 3. The zero-order valence-corrected chi connectivity index (χ0v) is 29.0. The number of rotatable bonds is 12. The Bertz CT molecular complexity index is 1860. The Hall–Kier alpha value is -4.26. The Morgan fingerprint density at radius 2 is 1.83 bits per heavy atom. The second-order valence-electron chi connectivity index (χ2n) is 11.4. The van der Waals surface area contributed by atoms with Crippen LogP contribution in [-0.4, -0.2) is 53.4 Å². The molecule has 1 saturated heterocycles. The van der Waals surface area contributed by atoms with Crippen LogP contribution >= 0.6 is 34.7 Å². The van der Waals surface area contributed by atoms with Crippen LogP contribution in [0, 0.1) is 5.92 Å². The van der Waals surface area contributed by atoms with Crippen LogP contribution in [0.25, 0.3) is 5.76 Å². The number of hydrogen-bond acceptors (Lipinski definition) is 11. The first-order valence-electron chi connectivity index (χ1n) is 15.6. The van der Waals surface area contributed by atoms with Crippen LogP contribution in [0.15, 0.2) is 70.6 Å². The van der Waals surface area contributed by atoms with E-state index in [0.717, 1.165) is 12.0 Å². The second kappa shape index (κ2) is 14.9. The van der Waals surface area contributed by atoms with Crippen molar-refractivity contribution < 1.29 is 33.6 Å². The number of carbonyl (C=O) groups excluding carboxylic acids is 2. The Morgan fingerprint density at radius 1 is 1.04 bits per heavy atom. The topological polar surface area (TPSA) is 120 Å². The van der Waals surface area contributed by atoms with E-state index in [2.05, 4.69) is 24.0 Å². The average molecular weight is 708 g/mol. The van der Waals surface area contributed by atoms with Crippen molar-refractivity contribution in [2.45, 2.75) is 43.3 Å². The average Bonchev–Trinajstić information content (AvgIpc) is 3.66. The van der Waals surface area contributed by atoms with Gasteiger partial charge in [0.1, 0.15) is 19.0 Å². The first-order valence-corrected chi connectivity index (χ1v) is 17.7. The number of amides is 1. The molecule has 1 fully saturated rings. The standard InChI is InChI=1S/C35H34ClN3O7S2/c1-4-43-27-17-21(9-11-25(27)44-14-13-20(2)3)30-29(31(40)22-10-12-26-28(18-22)46-16-15-45-26)32(41)33(42)39(30)34-37-38-35(48-34)47-19-23-7-5-6-8-24(23)36/h5-12,17-18,20,30,40H,4,13-16,19H2,1-3H3/b31-29+. The molecule has 1 N–H and O–H groups in total. The van der Waals surface area contributed by atoms with Gasteiger partial charge < -0.3 is 24.1 Å². The number of anilines is 1. The fourth-order valence-corrected chi connectivity index (χ4v) is 7.44. The molecular formula is C35H34ClN3O7S2. The van der Waals surface area contributed by atoms with Crippen molar-refractivity contribution >= 4 is 57.3 Å². The van der Waals surface area contributed by atoms with Gasteiger partial charge in [0.2, 0.25) is 5.13 Å². The molecule has 13 heteroatoms. The van der Waals surface area contributed by atoms with Crippen LogP contribution in [0.4, 0.5) is 5.13 Å². The first-order chi connectivity index (χ1) is 23.2. The Balaban J connectivity index is 1.41. The first kappa shape index (κ1) is 33.6. The predicted molar refractivity (Wildman–Crippen MR) is 186 cm³/mol. The van der Waals surface area contributed by atoms with Crippen LogP contribution in [0.2, 0.25) is 5.02 Å². The van der Waals surface area contributed by atoms with Crippen LogP contribution in [0.5, 0.6) is 23.0 Å². The molecule has 3 heterocycles. The highest BCUT2D eigenvalue weighted by molar-refractivity contribution is 8.00. The number of carbonyl (C=O) groups is 2. The number of hydrogen-bond donors (Lipinski definition) is 1. The van der Waals surface area contributed by atoms with Crippen molar-refractivity contribution in [2.24, 2.45) is 5.92 Å². The minimum Gasteiger partial charge on any atom is -0.507 e. The molecule has 0 saturated carbocycles. The molecule has 1 amide bonds. The molecule has 0 aliphatic carbocycles. The summed E-state index contributed by atoms with van der Waals surface area (Å²) in [6.45, 7) is 7.72. The fourth-order valence-electron chi connectivity index (χ4n) is 5.29. The van der Waals surface area contributed by atoms with Gasteiger partial charge in [-0.2, -0.15) is 0 Å². The third-order valence-electron chi connectivity index (χ3n) is 7.71. The smallest absolute Gasteiger partial charge is 0.301 e. The Labute approximate surface area is 291 Å². The molecule has 3 aromatic carbocycles. The molecule has 48 heavy (non-hydrogen) atoms. The van der Waals surface area contributed by atoms with E-state index in [-0.39, 0.29) is 16.5 Å². The van der Waals surface area contributed by atoms with Gasteiger partial charge in [0.05, 0.1) is 24.8 Å². The molecule has 1 aromatic heterocycles. The Morgan fingerprint density at radius 3 is 2.60 bits per heavy atom. The molecule has 0 radical (unpaired) electrons. The van der Waals surface area contributed by atoms with Gasteiger partial charge in [0.25, 0.3) is 5.78 Å². The summed E-state index contributed by atoms with van der Waals surface area (Å²) in [7, 11) is 0. The molecule has 1 atom stereocenters. The van der Waals surface area contributed by atoms with Crippen molar-refractivity contribution in [1.29, 1.82) is 0 Å². The minimum atomic E-state index is -1.04. The maximum atomic E-state index is 13.8. The van der Waals surface area contributed by atoms with Gasteiger partial charge >= 0.3 is 5.91 Å². The molecule has 4 aromatic rings. The van der Waals surface area contributed by atoms with Gasteiger partial charge in [0.15, 0.2) is 27.3 Å². The van der Waals surface area contributed by atoms with Gasteiger partial charge in [-0.25, -0.2) is 0 Å². The van der Waals surface area contributed by atoms with Crippen molar-refractivity contribution in [3.63, 3.8) is 0 Å². The van der Waals surface area contributed by atoms with Crippen LogP contribution < -0.4 is 23.8 Å². The normalized spacial score (nSPS) is 16.9. The number of aromatic nitrogens is 2. The third kappa shape index (κ3) is 7.11. The molecule has 2 aliphatic rings. The van der Waals surface area contributed by atoms with E-state index in [0.29, 0.717) is 81.6 Å². The number of Topliss-reactive ketones (excluding diaryl/α,β-unsaturated/α-hetero) is 1. The van der Waals surface area contributed by atoms with E-state index in [1.54, 1.807) is 36.4 Å². The number of ketones is 1. The highest BCUT2D eigenvalue weighted by atomic mass is 35.5. The number of thioether (sulfide) groups is 1. The summed E-state index contributed by atoms with van der Waals surface area (Å²) in [5.74, 6) is 0.899. The number of aliphatic hydroxyl groups excluding tert-OH is 1. The van der Waals surface area contributed by atoms with Crippen LogP contribution in [0.1, 0.15) is 49.9 Å². The fraction of sp³-hybridized carbons (Fsp3) is 0.314. The van der Waals surface area contributed by atoms with Gasteiger partial charge in [-0.3, -0.25) is 14.5 Å². The summed E-state index contributed by atoms with van der Waals surface area (Å²) < 4.78 is 23.9. The van der Waals surface area contributed by atoms with Crippen molar-refractivity contribution in [3.8, 4) is 23.0 Å². The van der Waals surface area contributed by atoms with E-state index in [9.17, 15) is 14.7 Å². The van der Waals surface area contributed by atoms with Crippen molar-refractivity contribution in [2.75, 3.05) is 31.3 Å². The van der Waals surface area contributed by atoms with Crippen LogP contribution in [-0.2, 0) is 15.3 Å². The van der Waals surface area contributed by atoms with Gasteiger partial charge in [-0.05, 0) is 66.8 Å². The SMILES string of the molecule is CCOc1cc(C2/C(=C(\O)c3ccc4c(c3)OCCO4)C(=O)C(=O)N2c2nnc(SCc3ccccc3Cl)s2)ccc1OCCC(C)C. The summed E-state index contributed by atoms with van der Waals surface area (Å²) in [6, 6.07) is 16.6. The number of halogens is 1. The van der Waals surface area contributed by atoms with E-state index < -0.39 is 17.7 Å². The largest absolute Gasteiger partial charge is 0.507 e. The maximum absolute atomic E-state index is 13.8. The summed E-state index contributed by atoms with van der Waals surface area (Å²) >= 11 is 8.94. The molecular weight excluding hydrogens is 674 g/mol. The molecule has 2 aliphatic heterocycles. The predicted octanol–water partition coefficient (Wildman–Crippen LogP) is 7.70. The summed E-state index contributed by atoms with van der Waals surface area (Å²) in [5, 5.41) is 21.2. The van der Waals surface area contributed by atoms with Gasteiger partial charge in [0, 0.05) is 16.3 Å². The van der Waals surface area contributed by atoms with Crippen molar-refractivity contribution in [3.05, 3.63) is 87.9 Å². The summed E-state index contributed by atoms with van der Waals surface area (Å²) in [6.07, 6.45) is 0.858. The van der Waals surface area contributed by atoms with E-state index >= 15 is 0 Å². The zero-order chi connectivity index (χ0) is 33.8. The lowest BCUT2D eigenvalue weighted by Gasteiger charge is -2.24. The zero-order valence-electron chi connectivity index (χ0n) is 26.6. The second-order valence-corrected chi connectivity index (χ2v) is 14.0. The molecule has 6 rings (SSSR count). The number of fused-ring (bicyclic) bond motifs is 1. The van der Waals surface area contributed by atoms with Gasteiger partial charge in [-0.15, -0.1) is 10.2 Å². The lowest BCUT2D eigenvalue weighted by molar-refractivity contribution is -0.132. The van der Waals surface area contributed by atoms with E-state index in [1.165, 1.54) is 28.0 Å². The van der Waals surface area contributed by atoms with Gasteiger partial charge in [-0.1, -0.05) is 72.8 Å².